The van der Waals surface area contributed by atoms with Crippen molar-refractivity contribution in [3.63, 3.8) is 0 Å². The Labute approximate surface area is 141 Å². The van der Waals surface area contributed by atoms with Crippen LogP contribution >= 0.6 is 11.3 Å². The van der Waals surface area contributed by atoms with Crippen LogP contribution in [-0.4, -0.2) is 23.0 Å². The molecular weight excluding hydrogens is 306 g/mol. The summed E-state index contributed by atoms with van der Waals surface area (Å²) in [5.74, 6) is 0.0616. The molecule has 1 fully saturated rings. The summed E-state index contributed by atoms with van der Waals surface area (Å²) in [5, 5.41) is 6.07. The van der Waals surface area contributed by atoms with Crippen molar-refractivity contribution in [1.29, 1.82) is 0 Å². The second kappa shape index (κ2) is 7.23. The van der Waals surface area contributed by atoms with Gasteiger partial charge in [-0.1, -0.05) is 23.8 Å². The third-order valence-corrected chi connectivity index (χ3v) is 5.24. The van der Waals surface area contributed by atoms with Crippen molar-refractivity contribution in [2.24, 2.45) is 5.73 Å². The molecule has 23 heavy (non-hydrogen) atoms. The van der Waals surface area contributed by atoms with Crippen LogP contribution < -0.4 is 11.1 Å². The minimum atomic E-state index is 0.0616. The molecule has 1 aromatic heterocycles. The fourth-order valence-corrected chi connectivity index (χ4v) is 3.82. The Balaban J connectivity index is 1.57. The highest BCUT2D eigenvalue weighted by molar-refractivity contribution is 7.13. The first-order chi connectivity index (χ1) is 11.1. The van der Waals surface area contributed by atoms with Crippen LogP contribution in [0.2, 0.25) is 0 Å². The van der Waals surface area contributed by atoms with Gasteiger partial charge in [0.15, 0.2) is 0 Å². The Hall–Kier alpha value is -1.72. The lowest BCUT2D eigenvalue weighted by molar-refractivity contribution is -0.121. The Morgan fingerprint density at radius 2 is 2.13 bits per heavy atom. The molecule has 0 radical (unpaired) electrons. The predicted molar refractivity (Wildman–Crippen MR) is 94.4 cm³/mol. The molecule has 1 aliphatic rings. The number of hydrogen-bond donors (Lipinski definition) is 2. The predicted octanol–water partition coefficient (Wildman–Crippen LogP) is 3.05. The lowest BCUT2D eigenvalue weighted by Crippen LogP contribution is -2.41. The smallest absolute Gasteiger partial charge is 0.226 e. The molecule has 1 aliphatic carbocycles. The highest BCUT2D eigenvalue weighted by atomic mass is 32.1. The van der Waals surface area contributed by atoms with Crippen molar-refractivity contribution in [2.75, 3.05) is 0 Å². The van der Waals surface area contributed by atoms with Crippen molar-refractivity contribution < 1.29 is 4.79 Å². The molecule has 1 heterocycles. The van der Waals surface area contributed by atoms with Crippen LogP contribution in [0, 0.1) is 6.92 Å². The summed E-state index contributed by atoms with van der Waals surface area (Å²) < 4.78 is 0. The maximum Gasteiger partial charge on any atom is 0.226 e. The average molecular weight is 329 g/mol. The number of amides is 1. The van der Waals surface area contributed by atoms with Gasteiger partial charge in [-0.3, -0.25) is 4.79 Å². The fourth-order valence-electron chi connectivity index (χ4n) is 3.01. The van der Waals surface area contributed by atoms with Gasteiger partial charge in [-0.2, -0.15) is 0 Å². The van der Waals surface area contributed by atoms with Crippen LogP contribution in [0.15, 0.2) is 29.6 Å². The highest BCUT2D eigenvalue weighted by Gasteiger charge is 2.20. The van der Waals surface area contributed by atoms with Gasteiger partial charge >= 0.3 is 0 Å². The van der Waals surface area contributed by atoms with Gasteiger partial charge in [-0.05, 0) is 38.7 Å². The number of carbonyl (C=O) groups is 1. The Morgan fingerprint density at radius 3 is 2.87 bits per heavy atom. The van der Waals surface area contributed by atoms with Gasteiger partial charge in [0.05, 0.1) is 12.1 Å². The summed E-state index contributed by atoms with van der Waals surface area (Å²) in [4.78, 5) is 16.8. The maximum absolute atomic E-state index is 12.2. The van der Waals surface area contributed by atoms with E-state index in [1.165, 1.54) is 5.56 Å². The molecule has 2 aromatic rings. The standard InChI is InChI=1S/C18H23N3OS/c1-12-3-2-4-13(9-12)18-21-16(11-23-18)10-17(22)20-15-7-5-14(19)6-8-15/h2-4,9,11,14-15H,5-8,10,19H2,1H3,(H,20,22). The van der Waals surface area contributed by atoms with Crippen LogP contribution in [0.25, 0.3) is 10.6 Å². The topological polar surface area (TPSA) is 68.0 Å². The summed E-state index contributed by atoms with van der Waals surface area (Å²) in [6.45, 7) is 2.07. The molecular formula is C18H23N3OS. The highest BCUT2D eigenvalue weighted by Crippen LogP contribution is 2.24. The van der Waals surface area contributed by atoms with Crippen LogP contribution in [0.3, 0.4) is 0 Å². The number of rotatable bonds is 4. The normalized spacial score (nSPS) is 21.1. The van der Waals surface area contributed by atoms with Crippen molar-refractivity contribution in [1.82, 2.24) is 10.3 Å². The van der Waals surface area contributed by atoms with Crippen LogP contribution in [-0.2, 0) is 11.2 Å². The molecule has 0 bridgehead atoms. The van der Waals surface area contributed by atoms with Gasteiger partial charge in [0.25, 0.3) is 0 Å². The lowest BCUT2D eigenvalue weighted by Gasteiger charge is -2.26. The molecule has 122 valence electrons. The van der Waals surface area contributed by atoms with E-state index >= 15 is 0 Å². The van der Waals surface area contributed by atoms with E-state index in [0.717, 1.165) is 41.9 Å². The Morgan fingerprint density at radius 1 is 1.35 bits per heavy atom. The summed E-state index contributed by atoms with van der Waals surface area (Å²) in [6, 6.07) is 8.86. The molecule has 4 nitrogen and oxygen atoms in total. The minimum absolute atomic E-state index is 0.0616. The molecule has 0 unspecified atom stereocenters. The van der Waals surface area contributed by atoms with Crippen LogP contribution in [0.5, 0.6) is 0 Å². The molecule has 1 amide bonds. The van der Waals surface area contributed by atoms with Crippen LogP contribution in [0.4, 0.5) is 0 Å². The summed E-state index contributed by atoms with van der Waals surface area (Å²) >= 11 is 1.59. The largest absolute Gasteiger partial charge is 0.353 e. The number of aromatic nitrogens is 1. The molecule has 1 aromatic carbocycles. The number of aryl methyl sites for hydroxylation is 1. The SMILES string of the molecule is Cc1cccc(-c2nc(CC(=O)NC3CCC(N)CC3)cs2)c1. The Kier molecular flexibility index (Phi) is 5.08. The molecule has 3 N–H and O–H groups in total. The zero-order valence-electron chi connectivity index (χ0n) is 13.4. The van der Waals surface area contributed by atoms with E-state index in [-0.39, 0.29) is 11.9 Å². The second-order valence-electron chi connectivity index (χ2n) is 6.37. The van der Waals surface area contributed by atoms with Crippen molar-refractivity contribution >= 4 is 17.2 Å². The number of hydrogen-bond acceptors (Lipinski definition) is 4. The third kappa shape index (κ3) is 4.39. The number of nitrogens with one attached hydrogen (secondary N) is 1. The quantitative estimate of drug-likeness (QED) is 0.906. The first kappa shape index (κ1) is 16.1. The Bertz CT molecular complexity index is 674. The molecule has 0 saturated heterocycles. The van der Waals surface area contributed by atoms with E-state index < -0.39 is 0 Å². The van der Waals surface area contributed by atoms with Gasteiger partial charge in [-0.25, -0.2) is 4.98 Å². The van der Waals surface area contributed by atoms with E-state index in [1.54, 1.807) is 11.3 Å². The first-order valence-electron chi connectivity index (χ1n) is 8.16. The van der Waals surface area contributed by atoms with Crippen molar-refractivity contribution in [2.45, 2.75) is 51.1 Å². The number of nitrogens with zero attached hydrogens (tertiary/aromatic N) is 1. The molecule has 0 aliphatic heterocycles. The molecule has 3 rings (SSSR count). The molecule has 1 saturated carbocycles. The van der Waals surface area contributed by atoms with E-state index in [0.29, 0.717) is 12.5 Å². The van der Waals surface area contributed by atoms with Crippen LogP contribution in [0.1, 0.15) is 36.9 Å². The van der Waals surface area contributed by atoms with Gasteiger partial charge in [-0.15, -0.1) is 11.3 Å². The van der Waals surface area contributed by atoms with Gasteiger partial charge < -0.3 is 11.1 Å². The van der Waals surface area contributed by atoms with Gasteiger partial charge in [0, 0.05) is 23.0 Å². The molecule has 5 heteroatoms. The lowest BCUT2D eigenvalue weighted by atomic mass is 9.92. The van der Waals surface area contributed by atoms with E-state index in [2.05, 4.69) is 35.4 Å². The number of thiazole rings is 1. The monoisotopic (exact) mass is 329 g/mol. The maximum atomic E-state index is 12.2. The van der Waals surface area contributed by atoms with E-state index in [4.69, 9.17) is 5.73 Å². The molecule has 0 atom stereocenters. The summed E-state index contributed by atoms with van der Waals surface area (Å²) in [5.41, 5.74) is 9.07. The number of carbonyl (C=O) groups excluding carboxylic acids is 1. The fraction of sp³-hybridized carbons (Fsp3) is 0.444. The summed E-state index contributed by atoms with van der Waals surface area (Å²) in [6.07, 6.45) is 4.32. The second-order valence-corrected chi connectivity index (χ2v) is 7.23. The van der Waals surface area contributed by atoms with E-state index in [1.807, 2.05) is 11.4 Å². The third-order valence-electron chi connectivity index (χ3n) is 4.30. The van der Waals surface area contributed by atoms with Crippen molar-refractivity contribution in [3.05, 3.63) is 40.9 Å². The zero-order chi connectivity index (χ0) is 16.2. The number of benzene rings is 1. The number of nitrogens with two attached hydrogens (primary N) is 1. The molecule has 0 spiro atoms. The average Bonchev–Trinajstić information content (AvgIpc) is 2.98. The first-order valence-corrected chi connectivity index (χ1v) is 9.04. The summed E-state index contributed by atoms with van der Waals surface area (Å²) in [7, 11) is 0. The van der Waals surface area contributed by atoms with E-state index in [9.17, 15) is 4.79 Å². The zero-order valence-corrected chi connectivity index (χ0v) is 14.2. The van der Waals surface area contributed by atoms with Gasteiger partial charge in [0.2, 0.25) is 5.91 Å². The van der Waals surface area contributed by atoms with Crippen molar-refractivity contribution in [3.8, 4) is 10.6 Å². The minimum Gasteiger partial charge on any atom is -0.353 e. The van der Waals surface area contributed by atoms with Gasteiger partial charge in [0.1, 0.15) is 5.01 Å².